The zero-order chi connectivity index (χ0) is 12.0. The van der Waals surface area contributed by atoms with Crippen molar-refractivity contribution in [1.82, 2.24) is 10.6 Å². The number of hydrogen-bond donors (Lipinski definition) is 2. The summed E-state index contributed by atoms with van der Waals surface area (Å²) >= 11 is 7.38. The van der Waals surface area contributed by atoms with Crippen molar-refractivity contribution in [3.05, 3.63) is 21.3 Å². The van der Waals surface area contributed by atoms with Crippen molar-refractivity contribution in [3.63, 3.8) is 0 Å². The van der Waals surface area contributed by atoms with Crippen LogP contribution >= 0.6 is 22.9 Å². The number of carbonyl (C=O) groups excluding carboxylic acids is 1. The van der Waals surface area contributed by atoms with E-state index in [1.807, 2.05) is 18.4 Å². The lowest BCUT2D eigenvalue weighted by atomic mass is 10.2. The molecule has 0 fully saturated rings. The maximum Gasteiger partial charge on any atom is 0.221 e. The third-order valence-corrected chi connectivity index (χ3v) is 3.37. The summed E-state index contributed by atoms with van der Waals surface area (Å²) in [6.07, 6.45) is 0.510. The lowest BCUT2D eigenvalue weighted by Crippen LogP contribution is -2.28. The van der Waals surface area contributed by atoms with Gasteiger partial charge in [0.15, 0.2) is 0 Å². The van der Waals surface area contributed by atoms with Gasteiger partial charge in [-0.25, -0.2) is 0 Å². The third-order valence-electron chi connectivity index (χ3n) is 2.26. The predicted molar refractivity (Wildman–Crippen MR) is 69.0 cm³/mol. The molecule has 0 spiro atoms. The van der Waals surface area contributed by atoms with Crippen LogP contribution in [-0.2, 0) is 4.79 Å². The van der Waals surface area contributed by atoms with E-state index in [4.69, 9.17) is 11.6 Å². The van der Waals surface area contributed by atoms with Crippen molar-refractivity contribution < 1.29 is 4.79 Å². The highest BCUT2D eigenvalue weighted by atomic mass is 35.5. The summed E-state index contributed by atoms with van der Waals surface area (Å²) in [6, 6.07) is 2.19. The Balaban J connectivity index is 2.25. The quantitative estimate of drug-likeness (QED) is 0.826. The number of hydrogen-bond acceptors (Lipinski definition) is 3. The molecule has 0 aliphatic heterocycles. The van der Waals surface area contributed by atoms with Crippen LogP contribution in [0.15, 0.2) is 11.4 Å². The summed E-state index contributed by atoms with van der Waals surface area (Å²) < 4.78 is 0.798. The van der Waals surface area contributed by atoms with Crippen LogP contribution < -0.4 is 10.6 Å². The van der Waals surface area contributed by atoms with E-state index in [1.54, 1.807) is 0 Å². The van der Waals surface area contributed by atoms with Gasteiger partial charge in [-0.15, -0.1) is 11.3 Å². The molecule has 0 aliphatic rings. The van der Waals surface area contributed by atoms with Crippen LogP contribution in [0, 0.1) is 0 Å². The van der Waals surface area contributed by atoms with Crippen molar-refractivity contribution in [1.29, 1.82) is 0 Å². The Morgan fingerprint density at radius 2 is 2.38 bits per heavy atom. The fourth-order valence-corrected chi connectivity index (χ4v) is 2.34. The fourth-order valence-electron chi connectivity index (χ4n) is 1.36. The molecule has 1 heterocycles. The van der Waals surface area contributed by atoms with E-state index in [2.05, 4.69) is 17.6 Å². The molecule has 0 radical (unpaired) electrons. The van der Waals surface area contributed by atoms with Crippen LogP contribution in [0.25, 0.3) is 0 Å². The first-order valence-electron chi connectivity index (χ1n) is 5.37. The van der Waals surface area contributed by atoms with E-state index >= 15 is 0 Å². The zero-order valence-electron chi connectivity index (χ0n) is 9.55. The molecule has 0 saturated carbocycles. The molecule has 1 atom stereocenters. The smallest absolute Gasteiger partial charge is 0.221 e. The summed E-state index contributed by atoms with van der Waals surface area (Å²) in [4.78, 5) is 11.2. The first kappa shape index (κ1) is 13.5. The molecular weight excluding hydrogens is 244 g/mol. The lowest BCUT2D eigenvalue weighted by Gasteiger charge is -2.11. The topological polar surface area (TPSA) is 41.1 Å². The standard InChI is InChI=1S/C11H17ClN2OS/c1-3-13-11(15)4-5-14-8(2)9-6-10(12)16-7-9/h6-8,14H,3-5H2,1-2H3,(H,13,15). The van der Waals surface area contributed by atoms with Crippen molar-refractivity contribution in [2.24, 2.45) is 0 Å². The molecule has 3 nitrogen and oxygen atoms in total. The summed E-state index contributed by atoms with van der Waals surface area (Å²) in [6.45, 7) is 5.35. The van der Waals surface area contributed by atoms with Crippen LogP contribution in [0.5, 0.6) is 0 Å². The molecule has 0 bridgehead atoms. The van der Waals surface area contributed by atoms with Crippen LogP contribution in [0.3, 0.4) is 0 Å². The van der Waals surface area contributed by atoms with Crippen molar-refractivity contribution >= 4 is 28.8 Å². The Morgan fingerprint density at radius 1 is 1.62 bits per heavy atom. The molecule has 0 saturated heterocycles. The number of thiophene rings is 1. The first-order chi connectivity index (χ1) is 7.63. The van der Waals surface area contributed by atoms with E-state index < -0.39 is 0 Å². The monoisotopic (exact) mass is 260 g/mol. The Hall–Kier alpha value is -0.580. The minimum absolute atomic E-state index is 0.0885. The second kappa shape index (κ2) is 6.89. The van der Waals surface area contributed by atoms with Gasteiger partial charge in [0.25, 0.3) is 0 Å². The molecule has 1 aromatic heterocycles. The van der Waals surface area contributed by atoms with E-state index in [0.717, 1.165) is 4.34 Å². The summed E-state index contributed by atoms with van der Waals surface area (Å²) in [5, 5.41) is 8.09. The van der Waals surface area contributed by atoms with Crippen LogP contribution in [0.4, 0.5) is 0 Å². The van der Waals surface area contributed by atoms with Gasteiger partial charge in [0.2, 0.25) is 5.91 Å². The Labute approximate surface area is 105 Å². The highest BCUT2D eigenvalue weighted by Crippen LogP contribution is 2.24. The SMILES string of the molecule is CCNC(=O)CCNC(C)c1csc(Cl)c1. The number of amides is 1. The molecule has 2 N–H and O–H groups in total. The molecule has 16 heavy (non-hydrogen) atoms. The molecule has 5 heteroatoms. The van der Waals surface area contributed by atoms with Gasteiger partial charge in [-0.05, 0) is 30.9 Å². The Morgan fingerprint density at radius 3 is 2.94 bits per heavy atom. The fraction of sp³-hybridized carbons (Fsp3) is 0.545. The van der Waals surface area contributed by atoms with Gasteiger partial charge in [-0.2, -0.15) is 0 Å². The highest BCUT2D eigenvalue weighted by Gasteiger charge is 2.07. The minimum atomic E-state index is 0.0885. The van der Waals surface area contributed by atoms with Crippen LogP contribution in [-0.4, -0.2) is 19.0 Å². The largest absolute Gasteiger partial charge is 0.356 e. The molecule has 0 aromatic carbocycles. The maximum atomic E-state index is 11.2. The molecule has 0 aliphatic carbocycles. The molecular formula is C11H17ClN2OS. The van der Waals surface area contributed by atoms with Gasteiger partial charge in [0, 0.05) is 25.6 Å². The van der Waals surface area contributed by atoms with Crippen LogP contribution in [0.2, 0.25) is 4.34 Å². The number of halogens is 1. The average molecular weight is 261 g/mol. The molecule has 1 unspecified atom stereocenters. The summed E-state index contributed by atoms with van der Waals surface area (Å²) in [5.41, 5.74) is 1.17. The van der Waals surface area contributed by atoms with Crippen molar-refractivity contribution in [3.8, 4) is 0 Å². The number of carbonyl (C=O) groups is 1. The van der Waals surface area contributed by atoms with E-state index in [9.17, 15) is 4.79 Å². The van der Waals surface area contributed by atoms with Crippen molar-refractivity contribution in [2.75, 3.05) is 13.1 Å². The zero-order valence-corrected chi connectivity index (χ0v) is 11.1. The molecule has 90 valence electrons. The van der Waals surface area contributed by atoms with Gasteiger partial charge in [0.05, 0.1) is 4.34 Å². The summed E-state index contributed by atoms with van der Waals surface area (Å²) in [5.74, 6) is 0.0885. The van der Waals surface area contributed by atoms with E-state index in [0.29, 0.717) is 19.5 Å². The molecule has 1 rings (SSSR count). The van der Waals surface area contributed by atoms with Gasteiger partial charge in [-0.3, -0.25) is 4.79 Å². The van der Waals surface area contributed by atoms with Gasteiger partial charge in [0.1, 0.15) is 0 Å². The molecule has 1 amide bonds. The highest BCUT2D eigenvalue weighted by molar-refractivity contribution is 7.14. The Bertz CT molecular complexity index is 340. The normalized spacial score (nSPS) is 12.4. The second-order valence-corrected chi connectivity index (χ2v) is 5.11. The van der Waals surface area contributed by atoms with Gasteiger partial charge in [-0.1, -0.05) is 11.6 Å². The van der Waals surface area contributed by atoms with E-state index in [-0.39, 0.29) is 11.9 Å². The lowest BCUT2D eigenvalue weighted by molar-refractivity contribution is -0.120. The molecule has 1 aromatic rings. The second-order valence-electron chi connectivity index (χ2n) is 3.56. The maximum absolute atomic E-state index is 11.2. The summed E-state index contributed by atoms with van der Waals surface area (Å²) in [7, 11) is 0. The Kier molecular flexibility index (Phi) is 5.80. The number of rotatable bonds is 6. The van der Waals surface area contributed by atoms with Crippen LogP contribution in [0.1, 0.15) is 31.9 Å². The number of nitrogens with one attached hydrogen (secondary N) is 2. The third kappa shape index (κ3) is 4.51. The minimum Gasteiger partial charge on any atom is -0.356 e. The van der Waals surface area contributed by atoms with Gasteiger partial charge >= 0.3 is 0 Å². The average Bonchev–Trinajstić information content (AvgIpc) is 2.65. The van der Waals surface area contributed by atoms with Crippen molar-refractivity contribution in [2.45, 2.75) is 26.3 Å². The first-order valence-corrected chi connectivity index (χ1v) is 6.63. The van der Waals surface area contributed by atoms with E-state index in [1.165, 1.54) is 16.9 Å². The van der Waals surface area contributed by atoms with Gasteiger partial charge < -0.3 is 10.6 Å². The predicted octanol–water partition coefficient (Wildman–Crippen LogP) is 2.58.